The molecule has 0 aliphatic carbocycles. The summed E-state index contributed by atoms with van der Waals surface area (Å²) in [6.07, 6.45) is 0. The molecule has 0 spiro atoms. The lowest BCUT2D eigenvalue weighted by atomic mass is 10.3. The number of nitrogens with two attached hydrogens (primary N) is 1. The molecule has 3 nitrogen and oxygen atoms in total. The van der Waals surface area contributed by atoms with Gasteiger partial charge in [0.25, 0.3) is 0 Å². The van der Waals surface area contributed by atoms with Crippen LogP contribution in [0.25, 0.3) is 0 Å². The molecular formula is C6H12N2O. The third-order valence-electron chi connectivity index (χ3n) is 0.866. The molecule has 9 heavy (non-hydrogen) atoms. The van der Waals surface area contributed by atoms with Gasteiger partial charge in [-0.15, -0.1) is 0 Å². The summed E-state index contributed by atoms with van der Waals surface area (Å²) in [6.45, 7) is 7.53. The molecule has 0 amide bonds. The van der Waals surface area contributed by atoms with Crippen molar-refractivity contribution in [1.82, 2.24) is 5.48 Å². The summed E-state index contributed by atoms with van der Waals surface area (Å²) >= 11 is 0. The fraction of sp³-hybridized carbons (Fsp3) is 0.333. The summed E-state index contributed by atoms with van der Waals surface area (Å²) in [4.78, 5) is 4.77. The van der Waals surface area contributed by atoms with Gasteiger partial charge in [0, 0.05) is 19.2 Å². The molecule has 0 aromatic carbocycles. The molecule has 3 heteroatoms. The van der Waals surface area contributed by atoms with Crippen LogP contribution in [-0.2, 0) is 4.84 Å². The molecular weight excluding hydrogens is 116 g/mol. The predicted octanol–water partition coefficient (Wildman–Crippen LogP) is 0.166. The topological polar surface area (TPSA) is 47.3 Å². The molecule has 0 aliphatic rings. The normalized spacial score (nSPS) is 8.67. The molecule has 0 heterocycles. The second-order valence-corrected chi connectivity index (χ2v) is 1.54. The molecule has 0 aromatic rings. The van der Waals surface area contributed by atoms with Crippen molar-refractivity contribution in [3.63, 3.8) is 0 Å². The summed E-state index contributed by atoms with van der Waals surface area (Å²) in [5.74, 6) is 0.486. The Labute approximate surface area is 55.1 Å². The molecule has 0 saturated heterocycles. The highest BCUT2D eigenvalue weighted by Gasteiger charge is 1.95. The Balaban J connectivity index is 3.60. The van der Waals surface area contributed by atoms with Crippen LogP contribution in [0.2, 0.25) is 0 Å². The van der Waals surface area contributed by atoms with Crippen molar-refractivity contribution in [3.05, 3.63) is 24.5 Å². The van der Waals surface area contributed by atoms with E-state index in [-0.39, 0.29) is 0 Å². The minimum absolute atomic E-state index is 0.376. The van der Waals surface area contributed by atoms with Gasteiger partial charge >= 0.3 is 0 Å². The van der Waals surface area contributed by atoms with Gasteiger partial charge in [-0.3, -0.25) is 0 Å². The van der Waals surface area contributed by atoms with Crippen molar-refractivity contribution >= 4 is 0 Å². The average molecular weight is 128 g/mol. The van der Waals surface area contributed by atoms with Crippen LogP contribution in [0.1, 0.15) is 0 Å². The van der Waals surface area contributed by atoms with Crippen LogP contribution in [0.4, 0.5) is 0 Å². The largest absolute Gasteiger partial charge is 0.409 e. The van der Waals surface area contributed by atoms with Crippen LogP contribution in [0.5, 0.6) is 0 Å². The van der Waals surface area contributed by atoms with Crippen LogP contribution in [-0.4, -0.2) is 13.6 Å². The van der Waals surface area contributed by atoms with E-state index in [0.717, 1.165) is 0 Å². The summed E-state index contributed by atoms with van der Waals surface area (Å²) in [7, 11) is 1.65. The Bertz CT molecular complexity index is 120. The van der Waals surface area contributed by atoms with Crippen molar-refractivity contribution in [2.75, 3.05) is 13.6 Å². The monoisotopic (exact) mass is 128 g/mol. The number of rotatable bonds is 4. The second kappa shape index (κ2) is 4.12. The average Bonchev–Trinajstić information content (AvgIpc) is 1.87. The van der Waals surface area contributed by atoms with Crippen LogP contribution < -0.4 is 11.2 Å². The zero-order chi connectivity index (χ0) is 7.28. The quantitative estimate of drug-likeness (QED) is 0.322. The molecule has 52 valence electrons. The highest BCUT2D eigenvalue weighted by Crippen LogP contribution is 2.00. The van der Waals surface area contributed by atoms with Gasteiger partial charge in [0.1, 0.15) is 5.76 Å². The van der Waals surface area contributed by atoms with Gasteiger partial charge in [0.15, 0.2) is 0 Å². The lowest BCUT2D eigenvalue weighted by Crippen LogP contribution is -2.11. The van der Waals surface area contributed by atoms with Gasteiger partial charge in [-0.1, -0.05) is 13.2 Å². The highest BCUT2D eigenvalue weighted by atomic mass is 16.6. The van der Waals surface area contributed by atoms with Crippen molar-refractivity contribution in [2.24, 2.45) is 5.73 Å². The van der Waals surface area contributed by atoms with E-state index in [9.17, 15) is 0 Å². The highest BCUT2D eigenvalue weighted by molar-refractivity contribution is 5.19. The summed E-state index contributed by atoms with van der Waals surface area (Å²) < 4.78 is 0. The summed E-state index contributed by atoms with van der Waals surface area (Å²) in [5.41, 5.74) is 8.40. The Morgan fingerprint density at radius 1 is 1.67 bits per heavy atom. The van der Waals surface area contributed by atoms with Crippen LogP contribution >= 0.6 is 0 Å². The van der Waals surface area contributed by atoms with Crippen molar-refractivity contribution in [3.8, 4) is 0 Å². The van der Waals surface area contributed by atoms with Gasteiger partial charge in [0.05, 0.1) is 0 Å². The van der Waals surface area contributed by atoms with Crippen LogP contribution in [0.15, 0.2) is 24.5 Å². The Morgan fingerprint density at radius 2 is 2.22 bits per heavy atom. The van der Waals surface area contributed by atoms with Crippen molar-refractivity contribution in [2.45, 2.75) is 0 Å². The molecule has 0 saturated carbocycles. The molecule has 0 bridgehead atoms. The smallest absolute Gasteiger partial charge is 0.143 e. The van der Waals surface area contributed by atoms with Gasteiger partial charge in [-0.2, -0.15) is 5.48 Å². The van der Waals surface area contributed by atoms with Gasteiger partial charge in [0.2, 0.25) is 0 Å². The Kier molecular flexibility index (Phi) is 3.75. The maximum atomic E-state index is 5.24. The molecule has 0 unspecified atom stereocenters. The summed E-state index contributed by atoms with van der Waals surface area (Å²) in [6, 6.07) is 0. The van der Waals surface area contributed by atoms with Crippen molar-refractivity contribution in [1.29, 1.82) is 0 Å². The number of hydrogen-bond donors (Lipinski definition) is 2. The maximum Gasteiger partial charge on any atom is 0.143 e. The number of hydrogen-bond acceptors (Lipinski definition) is 3. The SMILES string of the molecule is C=C(CN)C(=C)ONC. The van der Waals surface area contributed by atoms with Crippen LogP contribution in [0, 0.1) is 0 Å². The van der Waals surface area contributed by atoms with E-state index in [2.05, 4.69) is 18.6 Å². The lowest BCUT2D eigenvalue weighted by molar-refractivity contribution is 0.134. The molecule has 0 rings (SSSR count). The molecule has 0 aromatic heterocycles. The second-order valence-electron chi connectivity index (χ2n) is 1.54. The molecule has 0 radical (unpaired) electrons. The first-order chi connectivity index (χ1) is 4.22. The van der Waals surface area contributed by atoms with E-state index < -0.39 is 0 Å². The van der Waals surface area contributed by atoms with E-state index >= 15 is 0 Å². The van der Waals surface area contributed by atoms with Gasteiger partial charge < -0.3 is 10.6 Å². The van der Waals surface area contributed by atoms with E-state index in [0.29, 0.717) is 17.9 Å². The summed E-state index contributed by atoms with van der Waals surface area (Å²) in [5, 5.41) is 0. The van der Waals surface area contributed by atoms with Gasteiger partial charge in [-0.05, 0) is 0 Å². The van der Waals surface area contributed by atoms with Crippen molar-refractivity contribution < 1.29 is 4.84 Å². The standard InChI is InChI=1S/C6H12N2O/c1-5(4-7)6(2)9-8-3/h8H,1-2,4,7H2,3H3. The zero-order valence-electron chi connectivity index (χ0n) is 5.61. The first-order valence-electron chi connectivity index (χ1n) is 2.63. The van der Waals surface area contributed by atoms with E-state index in [1.54, 1.807) is 7.05 Å². The Hall–Kier alpha value is -0.800. The van der Waals surface area contributed by atoms with Gasteiger partial charge in [-0.25, -0.2) is 0 Å². The molecule has 0 fully saturated rings. The third kappa shape index (κ3) is 2.90. The van der Waals surface area contributed by atoms with Crippen LogP contribution in [0.3, 0.4) is 0 Å². The third-order valence-corrected chi connectivity index (χ3v) is 0.866. The maximum absolute atomic E-state index is 5.24. The first kappa shape index (κ1) is 8.20. The molecule has 0 atom stereocenters. The first-order valence-corrected chi connectivity index (χ1v) is 2.63. The minimum atomic E-state index is 0.376. The fourth-order valence-corrected chi connectivity index (χ4v) is 0.309. The van der Waals surface area contributed by atoms with E-state index in [1.165, 1.54) is 0 Å². The zero-order valence-corrected chi connectivity index (χ0v) is 5.61. The number of nitrogens with one attached hydrogen (secondary N) is 1. The number of hydroxylamine groups is 1. The lowest BCUT2D eigenvalue weighted by Gasteiger charge is -2.05. The van der Waals surface area contributed by atoms with E-state index in [4.69, 9.17) is 10.6 Å². The van der Waals surface area contributed by atoms with E-state index in [1.807, 2.05) is 0 Å². The fourth-order valence-electron chi connectivity index (χ4n) is 0.309. The predicted molar refractivity (Wildman–Crippen MR) is 37.5 cm³/mol. The molecule has 0 aliphatic heterocycles. The molecule has 3 N–H and O–H groups in total. The minimum Gasteiger partial charge on any atom is -0.409 e. The Morgan fingerprint density at radius 3 is 2.56 bits per heavy atom.